The van der Waals surface area contributed by atoms with Crippen molar-refractivity contribution in [3.63, 3.8) is 0 Å². The van der Waals surface area contributed by atoms with E-state index in [9.17, 15) is 19.2 Å². The molecule has 11 heteroatoms. The first-order valence-corrected chi connectivity index (χ1v) is 11.1. The van der Waals surface area contributed by atoms with E-state index < -0.39 is 47.9 Å². The molecule has 0 aliphatic rings. The average Bonchev–Trinajstić information content (AvgIpc) is 2.66. The Hall–Kier alpha value is -1.46. The molecule has 162 valence electrons. The second-order valence-corrected chi connectivity index (χ2v) is 7.92. The summed E-state index contributed by atoms with van der Waals surface area (Å²) in [4.78, 5) is 48.1. The van der Waals surface area contributed by atoms with Gasteiger partial charge in [0.2, 0.25) is 17.7 Å². The number of nitrogens with two attached hydrogens (primary N) is 1. The summed E-state index contributed by atoms with van der Waals surface area (Å²) in [5.74, 6) is -2.27. The van der Waals surface area contributed by atoms with Crippen LogP contribution < -0.4 is 21.7 Å². The Morgan fingerprint density at radius 1 is 1.04 bits per heavy atom. The van der Waals surface area contributed by atoms with Gasteiger partial charge < -0.3 is 26.8 Å². The Labute approximate surface area is 175 Å². The van der Waals surface area contributed by atoms with Gasteiger partial charge in [0.05, 0.1) is 6.04 Å². The fourth-order valence-corrected chi connectivity index (χ4v) is 2.86. The van der Waals surface area contributed by atoms with Crippen molar-refractivity contribution >= 4 is 48.1 Å². The first-order valence-electron chi connectivity index (χ1n) is 9.08. The highest BCUT2D eigenvalue weighted by Gasteiger charge is 2.29. The van der Waals surface area contributed by atoms with Crippen LogP contribution in [0.3, 0.4) is 0 Å². The first-order chi connectivity index (χ1) is 13.1. The molecule has 0 fully saturated rings. The van der Waals surface area contributed by atoms with Gasteiger partial charge in [-0.2, -0.15) is 24.4 Å². The zero-order valence-electron chi connectivity index (χ0n) is 16.7. The van der Waals surface area contributed by atoms with E-state index >= 15 is 0 Å². The fraction of sp³-hybridized carbons (Fsp3) is 0.765. The van der Waals surface area contributed by atoms with Crippen molar-refractivity contribution in [2.24, 2.45) is 11.7 Å². The number of aliphatic carboxylic acids is 1. The molecule has 28 heavy (non-hydrogen) atoms. The lowest BCUT2D eigenvalue weighted by Gasteiger charge is -2.25. The van der Waals surface area contributed by atoms with Gasteiger partial charge in [0, 0.05) is 5.75 Å². The quantitative estimate of drug-likeness (QED) is 0.215. The molecule has 5 atom stereocenters. The Kier molecular flexibility index (Phi) is 13.0. The van der Waals surface area contributed by atoms with Crippen LogP contribution in [-0.4, -0.2) is 70.7 Å². The second kappa shape index (κ2) is 13.7. The van der Waals surface area contributed by atoms with Crippen LogP contribution in [0.2, 0.25) is 0 Å². The van der Waals surface area contributed by atoms with Gasteiger partial charge in [0.25, 0.3) is 0 Å². The highest BCUT2D eigenvalue weighted by atomic mass is 32.2. The van der Waals surface area contributed by atoms with Crippen LogP contribution in [0, 0.1) is 5.92 Å². The maximum absolute atomic E-state index is 12.6. The van der Waals surface area contributed by atoms with Gasteiger partial charge in [-0.1, -0.05) is 20.3 Å². The van der Waals surface area contributed by atoms with E-state index in [-0.39, 0.29) is 11.7 Å². The molecule has 0 radical (unpaired) electrons. The maximum Gasteiger partial charge on any atom is 0.325 e. The average molecular weight is 437 g/mol. The maximum atomic E-state index is 12.6. The molecule has 0 aliphatic carbocycles. The normalized spacial score (nSPS) is 16.2. The van der Waals surface area contributed by atoms with Gasteiger partial charge in [0.1, 0.15) is 18.1 Å². The van der Waals surface area contributed by atoms with Crippen molar-refractivity contribution in [1.82, 2.24) is 16.0 Å². The Bertz CT molecular complexity index is 550. The summed E-state index contributed by atoms with van der Waals surface area (Å²) in [6.07, 6.45) is 2.87. The van der Waals surface area contributed by atoms with Gasteiger partial charge in [-0.15, -0.1) is 0 Å². The van der Waals surface area contributed by atoms with Gasteiger partial charge in [-0.25, -0.2) is 0 Å². The van der Waals surface area contributed by atoms with Crippen LogP contribution in [-0.2, 0) is 19.2 Å². The van der Waals surface area contributed by atoms with Crippen molar-refractivity contribution in [2.75, 3.05) is 17.8 Å². The molecule has 0 saturated heterocycles. The van der Waals surface area contributed by atoms with Crippen molar-refractivity contribution in [3.05, 3.63) is 0 Å². The van der Waals surface area contributed by atoms with E-state index in [0.717, 1.165) is 0 Å². The molecule has 6 N–H and O–H groups in total. The largest absolute Gasteiger partial charge is 0.480 e. The number of carbonyl (C=O) groups excluding carboxylic acids is 3. The number of hydrogen-bond donors (Lipinski definition) is 6. The number of nitrogens with one attached hydrogen (secondary N) is 3. The summed E-state index contributed by atoms with van der Waals surface area (Å²) < 4.78 is 0. The van der Waals surface area contributed by atoms with E-state index in [1.807, 2.05) is 20.1 Å². The molecule has 0 aromatic carbocycles. The summed E-state index contributed by atoms with van der Waals surface area (Å²) in [5, 5.41) is 16.4. The molecule has 9 nitrogen and oxygen atoms in total. The van der Waals surface area contributed by atoms with E-state index in [1.54, 1.807) is 0 Å². The molecule has 0 heterocycles. The van der Waals surface area contributed by atoms with Crippen molar-refractivity contribution in [1.29, 1.82) is 0 Å². The van der Waals surface area contributed by atoms with Gasteiger partial charge >= 0.3 is 5.97 Å². The number of carboxylic acid groups (broad SMARTS) is 1. The van der Waals surface area contributed by atoms with Crippen molar-refractivity contribution in [2.45, 2.75) is 57.8 Å². The van der Waals surface area contributed by atoms with E-state index in [4.69, 9.17) is 10.8 Å². The first kappa shape index (κ1) is 26.5. The minimum absolute atomic E-state index is 0.0210. The highest BCUT2D eigenvalue weighted by molar-refractivity contribution is 7.98. The number of carboxylic acids is 1. The smallest absolute Gasteiger partial charge is 0.325 e. The lowest BCUT2D eigenvalue weighted by Crippen LogP contribution is -2.58. The lowest BCUT2D eigenvalue weighted by atomic mass is 9.99. The lowest BCUT2D eigenvalue weighted by molar-refractivity contribution is -0.141. The van der Waals surface area contributed by atoms with Crippen LogP contribution in [0.15, 0.2) is 0 Å². The van der Waals surface area contributed by atoms with E-state index in [0.29, 0.717) is 18.6 Å². The molecule has 0 spiro atoms. The predicted molar refractivity (Wildman–Crippen MR) is 113 cm³/mol. The zero-order valence-corrected chi connectivity index (χ0v) is 18.4. The van der Waals surface area contributed by atoms with Crippen molar-refractivity contribution in [3.8, 4) is 0 Å². The van der Waals surface area contributed by atoms with Gasteiger partial charge in [-0.05, 0) is 31.3 Å². The molecule has 0 aliphatic heterocycles. The molecule has 0 rings (SSSR count). The van der Waals surface area contributed by atoms with Crippen LogP contribution in [0.25, 0.3) is 0 Å². The number of amides is 3. The monoisotopic (exact) mass is 436 g/mol. The topological polar surface area (TPSA) is 151 Å². The number of thioether (sulfide) groups is 1. The van der Waals surface area contributed by atoms with Gasteiger partial charge in [0.15, 0.2) is 0 Å². The summed E-state index contributed by atoms with van der Waals surface area (Å²) in [7, 11) is 0. The number of thiol groups is 1. The summed E-state index contributed by atoms with van der Waals surface area (Å²) >= 11 is 5.59. The summed E-state index contributed by atoms with van der Waals surface area (Å²) in [5.41, 5.74) is 5.88. The third-order valence-corrected chi connectivity index (χ3v) is 5.36. The Balaban J connectivity index is 5.07. The molecule has 0 aromatic rings. The van der Waals surface area contributed by atoms with Crippen LogP contribution in [0.4, 0.5) is 0 Å². The number of carbonyl (C=O) groups is 4. The SMILES string of the molecule is CCC(C)C(N)C(=O)NC(CS)C(=O)NC(CCSC)C(=O)NC(C)C(=O)O. The molecule has 3 amide bonds. The third-order valence-electron chi connectivity index (χ3n) is 4.35. The van der Waals surface area contributed by atoms with Crippen molar-refractivity contribution < 1.29 is 24.3 Å². The molecular weight excluding hydrogens is 404 g/mol. The van der Waals surface area contributed by atoms with E-state index in [1.165, 1.54) is 18.7 Å². The van der Waals surface area contributed by atoms with Crippen LogP contribution in [0.1, 0.15) is 33.6 Å². The summed E-state index contributed by atoms with van der Waals surface area (Å²) in [6, 6.07) is -3.74. The predicted octanol–water partition coefficient (Wildman–Crippen LogP) is -0.398. The summed E-state index contributed by atoms with van der Waals surface area (Å²) in [6.45, 7) is 5.08. The zero-order chi connectivity index (χ0) is 21.9. The highest BCUT2D eigenvalue weighted by Crippen LogP contribution is 2.06. The molecule has 0 aromatic heterocycles. The Morgan fingerprint density at radius 2 is 1.57 bits per heavy atom. The van der Waals surface area contributed by atoms with Crippen LogP contribution >= 0.6 is 24.4 Å². The molecule has 0 bridgehead atoms. The third kappa shape index (κ3) is 9.16. The van der Waals surface area contributed by atoms with Crippen LogP contribution in [0.5, 0.6) is 0 Å². The second-order valence-electron chi connectivity index (χ2n) is 6.57. The van der Waals surface area contributed by atoms with Gasteiger partial charge in [-0.3, -0.25) is 19.2 Å². The molecular formula is C17H32N4O5S2. The molecule has 5 unspecified atom stereocenters. The minimum Gasteiger partial charge on any atom is -0.480 e. The number of rotatable bonds is 13. The van der Waals surface area contributed by atoms with E-state index in [2.05, 4.69) is 28.6 Å². The fourth-order valence-electron chi connectivity index (χ4n) is 2.13. The number of hydrogen-bond acceptors (Lipinski definition) is 7. The standard InChI is InChI=1S/C17H32N4O5S2/c1-5-9(2)13(18)16(24)21-12(8-27)15(23)20-11(6-7-28-4)14(22)19-10(3)17(25)26/h9-13,27H,5-8,18H2,1-4H3,(H,19,22)(H,20,23)(H,21,24)(H,25,26). The molecule has 0 saturated carbocycles. The minimum atomic E-state index is -1.18. The Morgan fingerprint density at radius 3 is 2.04 bits per heavy atom.